The summed E-state index contributed by atoms with van der Waals surface area (Å²) in [6.07, 6.45) is 3.32. The zero-order valence-corrected chi connectivity index (χ0v) is 15.0. The topological polar surface area (TPSA) is 75.7 Å². The van der Waals surface area contributed by atoms with Crippen LogP contribution in [0, 0.1) is 17.7 Å². The maximum absolute atomic E-state index is 13.8. The molecule has 0 spiro atoms. The maximum Gasteiger partial charge on any atom is 0.240 e. The number of likely N-dealkylation sites (tertiary alicyclic amines) is 1. The van der Waals surface area contributed by atoms with Gasteiger partial charge >= 0.3 is 0 Å². The first kappa shape index (κ1) is 18.4. The second kappa shape index (κ2) is 7.43. The molecule has 1 aromatic rings. The Morgan fingerprint density at radius 2 is 1.88 bits per heavy atom. The number of fused-ring (bicyclic) bond motifs is 1. The molecular formula is C19H23FN2O4. The van der Waals surface area contributed by atoms with E-state index in [1.54, 1.807) is 13.0 Å². The third-order valence-electron chi connectivity index (χ3n) is 5.29. The minimum absolute atomic E-state index is 0.128. The van der Waals surface area contributed by atoms with Crippen molar-refractivity contribution in [3.05, 3.63) is 29.6 Å². The van der Waals surface area contributed by atoms with Gasteiger partial charge in [0.25, 0.3) is 0 Å². The number of hydrogen-bond donors (Lipinski definition) is 1. The molecule has 1 aliphatic heterocycles. The minimum Gasteiger partial charge on any atom is -0.494 e. The number of methoxy groups -OCH3 is 1. The highest BCUT2D eigenvalue weighted by molar-refractivity contribution is 6.07. The number of hydrogen-bond acceptors (Lipinski definition) is 4. The summed E-state index contributed by atoms with van der Waals surface area (Å²) >= 11 is 0. The molecule has 1 aromatic carbocycles. The smallest absolute Gasteiger partial charge is 0.240 e. The highest BCUT2D eigenvalue weighted by Gasteiger charge is 2.48. The van der Waals surface area contributed by atoms with E-state index in [-0.39, 0.29) is 35.9 Å². The van der Waals surface area contributed by atoms with Gasteiger partial charge in [-0.25, -0.2) is 4.39 Å². The van der Waals surface area contributed by atoms with E-state index in [9.17, 15) is 18.8 Å². The van der Waals surface area contributed by atoms with Crippen LogP contribution in [0.25, 0.3) is 0 Å². The van der Waals surface area contributed by atoms with Crippen molar-refractivity contribution in [1.82, 2.24) is 10.2 Å². The van der Waals surface area contributed by atoms with Crippen LogP contribution in [0.3, 0.4) is 0 Å². The molecule has 2 fully saturated rings. The summed E-state index contributed by atoms with van der Waals surface area (Å²) in [6.45, 7) is 1.43. The van der Waals surface area contributed by atoms with Gasteiger partial charge in [-0.05, 0) is 37.5 Å². The molecule has 1 N–H and O–H groups in total. The van der Waals surface area contributed by atoms with Crippen molar-refractivity contribution < 1.29 is 23.5 Å². The van der Waals surface area contributed by atoms with Gasteiger partial charge in [0.2, 0.25) is 17.7 Å². The van der Waals surface area contributed by atoms with Gasteiger partial charge in [0, 0.05) is 0 Å². The lowest BCUT2D eigenvalue weighted by Gasteiger charge is -2.19. The summed E-state index contributed by atoms with van der Waals surface area (Å²) in [5.74, 6) is -1.83. The van der Waals surface area contributed by atoms with Crippen molar-refractivity contribution >= 4 is 17.7 Å². The highest BCUT2D eigenvalue weighted by atomic mass is 19.1. The molecule has 2 aliphatic rings. The van der Waals surface area contributed by atoms with Crippen molar-refractivity contribution in [2.24, 2.45) is 11.8 Å². The van der Waals surface area contributed by atoms with Crippen LogP contribution in [-0.4, -0.2) is 36.3 Å². The van der Waals surface area contributed by atoms with Crippen LogP contribution < -0.4 is 10.1 Å². The molecule has 3 atom stereocenters. The van der Waals surface area contributed by atoms with E-state index in [0.29, 0.717) is 5.56 Å². The molecular weight excluding hydrogens is 339 g/mol. The number of halogens is 1. The fourth-order valence-corrected chi connectivity index (χ4v) is 3.85. The van der Waals surface area contributed by atoms with Gasteiger partial charge < -0.3 is 10.1 Å². The van der Waals surface area contributed by atoms with Crippen LogP contribution in [0.4, 0.5) is 4.39 Å². The third kappa shape index (κ3) is 3.43. The predicted octanol–water partition coefficient (Wildman–Crippen LogP) is 2.19. The Balaban J connectivity index is 1.62. The Hall–Kier alpha value is -2.44. The summed E-state index contributed by atoms with van der Waals surface area (Å²) in [5, 5.41) is 2.72. The van der Waals surface area contributed by atoms with E-state index in [4.69, 9.17) is 4.74 Å². The van der Waals surface area contributed by atoms with Gasteiger partial charge in [0.1, 0.15) is 6.54 Å². The normalized spacial score (nSPS) is 23.6. The van der Waals surface area contributed by atoms with Crippen molar-refractivity contribution in [2.45, 2.75) is 38.6 Å². The predicted molar refractivity (Wildman–Crippen MR) is 91.7 cm³/mol. The first-order valence-corrected chi connectivity index (χ1v) is 8.90. The summed E-state index contributed by atoms with van der Waals surface area (Å²) in [4.78, 5) is 38.2. The summed E-state index contributed by atoms with van der Waals surface area (Å²) in [7, 11) is 1.38. The van der Waals surface area contributed by atoms with Crippen molar-refractivity contribution in [2.75, 3.05) is 13.7 Å². The first-order chi connectivity index (χ1) is 12.4. The largest absolute Gasteiger partial charge is 0.494 e. The fraction of sp³-hybridized carbons (Fsp3) is 0.526. The van der Waals surface area contributed by atoms with Crippen LogP contribution in [0.15, 0.2) is 18.2 Å². The molecule has 3 rings (SSSR count). The second-order valence-electron chi connectivity index (χ2n) is 6.94. The van der Waals surface area contributed by atoms with Crippen molar-refractivity contribution in [3.63, 3.8) is 0 Å². The van der Waals surface area contributed by atoms with Gasteiger partial charge in [-0.15, -0.1) is 0 Å². The Kier molecular flexibility index (Phi) is 5.25. The number of benzene rings is 1. The molecule has 3 amide bonds. The van der Waals surface area contributed by atoms with Crippen molar-refractivity contribution in [1.29, 1.82) is 0 Å². The second-order valence-corrected chi connectivity index (χ2v) is 6.94. The van der Waals surface area contributed by atoms with Crippen molar-refractivity contribution in [3.8, 4) is 5.75 Å². The number of amides is 3. The molecule has 0 aromatic heterocycles. The molecule has 1 saturated carbocycles. The highest BCUT2D eigenvalue weighted by Crippen LogP contribution is 2.37. The monoisotopic (exact) mass is 362 g/mol. The summed E-state index contributed by atoms with van der Waals surface area (Å²) < 4.78 is 18.7. The van der Waals surface area contributed by atoms with Crippen LogP contribution in [-0.2, 0) is 14.4 Å². The van der Waals surface area contributed by atoms with E-state index in [1.807, 2.05) is 0 Å². The molecule has 6 nitrogen and oxygen atoms in total. The number of ether oxygens (including phenoxy) is 1. The van der Waals surface area contributed by atoms with Gasteiger partial charge in [-0.3, -0.25) is 19.3 Å². The number of imide groups is 1. The lowest BCUT2D eigenvalue weighted by Crippen LogP contribution is -2.41. The van der Waals surface area contributed by atoms with Crippen LogP contribution in [0.2, 0.25) is 0 Å². The first-order valence-electron chi connectivity index (χ1n) is 8.90. The number of carbonyl (C=O) groups is 3. The van der Waals surface area contributed by atoms with Gasteiger partial charge in [-0.2, -0.15) is 0 Å². The molecule has 1 aliphatic carbocycles. The SMILES string of the molecule is COc1ccc(C(C)NC(=O)CN2C(=O)C3CCCCC3C2=O)cc1F. The van der Waals surface area contributed by atoms with Crippen LogP contribution in [0.1, 0.15) is 44.2 Å². The Morgan fingerprint density at radius 1 is 1.27 bits per heavy atom. The molecule has 0 radical (unpaired) electrons. The molecule has 140 valence electrons. The maximum atomic E-state index is 13.8. The number of nitrogens with one attached hydrogen (secondary N) is 1. The van der Waals surface area contributed by atoms with Gasteiger partial charge in [-0.1, -0.05) is 18.9 Å². The van der Waals surface area contributed by atoms with Crippen LogP contribution >= 0.6 is 0 Å². The fourth-order valence-electron chi connectivity index (χ4n) is 3.85. The zero-order valence-electron chi connectivity index (χ0n) is 15.0. The Bertz CT molecular complexity index is 712. The average Bonchev–Trinajstić information content (AvgIpc) is 2.87. The minimum atomic E-state index is -0.514. The van der Waals surface area contributed by atoms with E-state index in [0.717, 1.165) is 30.6 Å². The lowest BCUT2D eigenvalue weighted by molar-refractivity contribution is -0.143. The summed E-state index contributed by atoms with van der Waals surface area (Å²) in [6, 6.07) is 3.99. The van der Waals surface area contributed by atoms with Crippen LogP contribution in [0.5, 0.6) is 5.75 Å². The standard InChI is InChI=1S/C19H23FN2O4/c1-11(12-7-8-16(26-2)15(20)9-12)21-17(23)10-22-18(24)13-5-3-4-6-14(13)19(22)25/h7-9,11,13-14H,3-6,10H2,1-2H3,(H,21,23). The van der Waals surface area contributed by atoms with Gasteiger partial charge in [0.15, 0.2) is 11.6 Å². The Morgan fingerprint density at radius 3 is 2.42 bits per heavy atom. The van der Waals surface area contributed by atoms with E-state index >= 15 is 0 Å². The average molecular weight is 362 g/mol. The molecule has 26 heavy (non-hydrogen) atoms. The molecule has 1 saturated heterocycles. The molecule has 1 heterocycles. The Labute approximate surface area is 151 Å². The number of rotatable bonds is 5. The number of nitrogens with zero attached hydrogens (tertiary/aromatic N) is 1. The van der Waals surface area contributed by atoms with Gasteiger partial charge in [0.05, 0.1) is 25.0 Å². The third-order valence-corrected chi connectivity index (χ3v) is 5.29. The van der Waals surface area contributed by atoms with E-state index in [1.165, 1.54) is 19.2 Å². The summed E-state index contributed by atoms with van der Waals surface area (Å²) in [5.41, 5.74) is 0.574. The lowest BCUT2D eigenvalue weighted by atomic mass is 9.81. The van der Waals surface area contributed by atoms with E-state index < -0.39 is 17.8 Å². The molecule has 0 bridgehead atoms. The quantitative estimate of drug-likeness (QED) is 0.815. The molecule has 3 unspecified atom stereocenters. The number of carbonyl (C=O) groups excluding carboxylic acids is 3. The zero-order chi connectivity index (χ0) is 18.8. The van der Waals surface area contributed by atoms with E-state index in [2.05, 4.69) is 5.32 Å². The molecule has 7 heteroatoms.